The van der Waals surface area contributed by atoms with Gasteiger partial charge in [-0.3, -0.25) is 14.6 Å². The molecular formula is C31H52N2O3. The number of ether oxygens (including phenoxy) is 1. The zero-order chi connectivity index (χ0) is 25.1. The number of rotatable bonds is 3. The van der Waals surface area contributed by atoms with Gasteiger partial charge in [0.15, 0.2) is 0 Å². The van der Waals surface area contributed by atoms with Gasteiger partial charge in [0.2, 0.25) is 0 Å². The largest absolute Gasteiger partial charge is 0.460 e. The third kappa shape index (κ3) is 4.18. The van der Waals surface area contributed by atoms with Crippen molar-refractivity contribution in [2.24, 2.45) is 34.5 Å². The van der Waals surface area contributed by atoms with Crippen molar-refractivity contribution in [2.45, 2.75) is 129 Å². The Bertz CT molecular complexity index is 808. The standard InChI is InChI=1S/C31H52N2O3/c1-21(34)36-29-26(32-14-6-4-7-15-32)19-25-23-11-10-22-18-28(35)27(33-16-8-5-9-17-33)20-31(22,3)24(23)12-13-30(25,29)2/h22-29,35H,4-20H2,1-3H3/t22-,23+,24-,25-,26-,27-,28-,29-,30-,31-/m0/s1. The molecule has 4 aliphatic carbocycles. The van der Waals surface area contributed by atoms with Crippen LogP contribution in [0.2, 0.25) is 0 Å². The second kappa shape index (κ2) is 9.83. The molecule has 0 radical (unpaired) electrons. The Morgan fingerprint density at radius 1 is 0.806 bits per heavy atom. The lowest BCUT2D eigenvalue weighted by molar-refractivity contribution is -0.171. The molecule has 0 bridgehead atoms. The summed E-state index contributed by atoms with van der Waals surface area (Å²) in [4.78, 5) is 17.7. The van der Waals surface area contributed by atoms with Gasteiger partial charge in [0.25, 0.3) is 0 Å². The van der Waals surface area contributed by atoms with Crippen molar-refractivity contribution in [3.8, 4) is 0 Å². The normalized spacial score (nSPS) is 50.1. The predicted molar refractivity (Wildman–Crippen MR) is 142 cm³/mol. The van der Waals surface area contributed by atoms with Crippen LogP contribution in [0.25, 0.3) is 0 Å². The summed E-state index contributed by atoms with van der Waals surface area (Å²) in [5.41, 5.74) is 0.449. The highest BCUT2D eigenvalue weighted by Gasteiger charge is 2.64. The molecule has 6 aliphatic rings. The molecule has 0 aromatic rings. The minimum atomic E-state index is -0.144. The maximum atomic E-state index is 12.3. The van der Waals surface area contributed by atoms with E-state index in [1.807, 2.05) is 0 Å². The first-order chi connectivity index (χ1) is 17.3. The van der Waals surface area contributed by atoms with E-state index in [1.165, 1.54) is 103 Å². The molecule has 10 atom stereocenters. The number of hydrogen-bond donors (Lipinski definition) is 1. The van der Waals surface area contributed by atoms with Gasteiger partial charge in [0.05, 0.1) is 6.10 Å². The Morgan fingerprint density at radius 2 is 1.44 bits per heavy atom. The van der Waals surface area contributed by atoms with Gasteiger partial charge < -0.3 is 9.84 Å². The van der Waals surface area contributed by atoms with E-state index >= 15 is 0 Å². The fourth-order valence-corrected chi connectivity index (χ4v) is 10.8. The molecule has 0 spiro atoms. The summed E-state index contributed by atoms with van der Waals surface area (Å²) in [5.74, 6) is 2.74. The number of likely N-dealkylation sites (tertiary alicyclic amines) is 2. The van der Waals surface area contributed by atoms with Gasteiger partial charge in [0.1, 0.15) is 6.10 Å². The Balaban J connectivity index is 1.26. The maximum absolute atomic E-state index is 12.3. The van der Waals surface area contributed by atoms with Crippen LogP contribution in [0.15, 0.2) is 0 Å². The summed E-state index contributed by atoms with van der Waals surface area (Å²) in [6, 6.07) is 0.764. The molecule has 6 fully saturated rings. The predicted octanol–water partition coefficient (Wildman–Crippen LogP) is 5.25. The van der Waals surface area contributed by atoms with E-state index in [9.17, 15) is 9.90 Å². The lowest BCUT2D eigenvalue weighted by atomic mass is 9.44. The molecule has 2 aliphatic heterocycles. The van der Waals surface area contributed by atoms with Crippen LogP contribution in [-0.4, -0.2) is 71.3 Å². The molecule has 36 heavy (non-hydrogen) atoms. The second-order valence-electron chi connectivity index (χ2n) is 14.3. The number of piperidine rings is 2. The first kappa shape index (κ1) is 25.6. The summed E-state index contributed by atoms with van der Waals surface area (Å²) < 4.78 is 6.25. The van der Waals surface area contributed by atoms with Gasteiger partial charge in [-0.25, -0.2) is 0 Å². The number of aliphatic hydroxyl groups is 1. The smallest absolute Gasteiger partial charge is 0.302 e. The van der Waals surface area contributed by atoms with Crippen LogP contribution >= 0.6 is 0 Å². The van der Waals surface area contributed by atoms with Crippen LogP contribution in [-0.2, 0) is 9.53 Å². The second-order valence-corrected chi connectivity index (χ2v) is 14.3. The van der Waals surface area contributed by atoms with Crippen LogP contribution in [0.3, 0.4) is 0 Å². The Labute approximate surface area is 219 Å². The third-order valence-electron chi connectivity index (χ3n) is 12.6. The van der Waals surface area contributed by atoms with Crippen LogP contribution < -0.4 is 0 Å². The van der Waals surface area contributed by atoms with Gasteiger partial charge in [-0.15, -0.1) is 0 Å². The number of nitrogens with zero attached hydrogens (tertiary/aromatic N) is 2. The van der Waals surface area contributed by atoms with Crippen molar-refractivity contribution < 1.29 is 14.6 Å². The number of carbonyl (C=O) groups excluding carboxylic acids is 1. The fourth-order valence-electron chi connectivity index (χ4n) is 10.8. The molecule has 2 saturated heterocycles. The highest BCUT2D eigenvalue weighted by Crippen LogP contribution is 2.67. The average Bonchev–Trinajstić information content (AvgIpc) is 3.17. The van der Waals surface area contributed by atoms with Crippen molar-refractivity contribution in [1.29, 1.82) is 0 Å². The molecule has 2 heterocycles. The van der Waals surface area contributed by atoms with Crippen LogP contribution in [0, 0.1) is 34.5 Å². The van der Waals surface area contributed by atoms with E-state index in [-0.39, 0.29) is 23.6 Å². The lowest BCUT2D eigenvalue weighted by Crippen LogP contribution is -2.60. The average molecular weight is 501 g/mol. The molecule has 1 N–H and O–H groups in total. The monoisotopic (exact) mass is 500 g/mol. The molecule has 0 aromatic carbocycles. The van der Waals surface area contributed by atoms with Crippen molar-refractivity contribution >= 4 is 5.97 Å². The van der Waals surface area contributed by atoms with Crippen molar-refractivity contribution in [3.05, 3.63) is 0 Å². The molecule has 4 saturated carbocycles. The van der Waals surface area contributed by atoms with E-state index < -0.39 is 0 Å². The minimum absolute atomic E-state index is 0.0545. The van der Waals surface area contributed by atoms with Gasteiger partial charge in [-0.05, 0) is 126 Å². The first-order valence-electron chi connectivity index (χ1n) is 15.6. The molecule has 6 rings (SSSR count). The van der Waals surface area contributed by atoms with E-state index in [4.69, 9.17) is 4.74 Å². The Hall–Kier alpha value is -0.650. The lowest BCUT2D eigenvalue weighted by Gasteiger charge is -2.62. The zero-order valence-corrected chi connectivity index (χ0v) is 23.3. The fraction of sp³-hybridized carbons (Fsp3) is 0.968. The van der Waals surface area contributed by atoms with E-state index in [1.54, 1.807) is 6.92 Å². The summed E-state index contributed by atoms with van der Waals surface area (Å²) >= 11 is 0. The van der Waals surface area contributed by atoms with Crippen LogP contribution in [0.1, 0.15) is 104 Å². The highest BCUT2D eigenvalue weighted by molar-refractivity contribution is 5.66. The highest BCUT2D eigenvalue weighted by atomic mass is 16.5. The zero-order valence-electron chi connectivity index (χ0n) is 23.3. The number of fused-ring (bicyclic) bond motifs is 5. The van der Waals surface area contributed by atoms with Crippen molar-refractivity contribution in [2.75, 3.05) is 26.2 Å². The number of hydrogen-bond acceptors (Lipinski definition) is 5. The molecule has 5 heteroatoms. The van der Waals surface area contributed by atoms with E-state index in [2.05, 4.69) is 23.6 Å². The maximum Gasteiger partial charge on any atom is 0.302 e. The SMILES string of the molecule is CC(=O)O[C@H]1[C@@H](N2CCCCC2)C[C@H]2[C@@H]3CC[C@H]4C[C@H](O)[C@@H](N5CCCCC5)C[C@]4(C)[C@H]3CC[C@@]21C. The number of esters is 1. The van der Waals surface area contributed by atoms with Gasteiger partial charge in [-0.1, -0.05) is 26.7 Å². The van der Waals surface area contributed by atoms with Crippen LogP contribution in [0.5, 0.6) is 0 Å². The summed E-state index contributed by atoms with van der Waals surface area (Å²) in [6.45, 7) is 11.4. The minimum Gasteiger partial charge on any atom is -0.460 e. The van der Waals surface area contributed by atoms with Crippen molar-refractivity contribution in [1.82, 2.24) is 9.80 Å². The third-order valence-corrected chi connectivity index (χ3v) is 12.6. The summed E-state index contributed by atoms with van der Waals surface area (Å²) in [7, 11) is 0. The molecule has 0 unspecified atom stereocenters. The van der Waals surface area contributed by atoms with Crippen LogP contribution in [0.4, 0.5) is 0 Å². The van der Waals surface area contributed by atoms with Crippen molar-refractivity contribution in [3.63, 3.8) is 0 Å². The summed E-state index contributed by atoms with van der Waals surface area (Å²) in [6.07, 6.45) is 16.3. The molecule has 0 amide bonds. The van der Waals surface area contributed by atoms with Gasteiger partial charge >= 0.3 is 5.97 Å². The topological polar surface area (TPSA) is 53.0 Å². The first-order valence-corrected chi connectivity index (χ1v) is 15.6. The molecular weight excluding hydrogens is 448 g/mol. The molecule has 0 aromatic heterocycles. The van der Waals surface area contributed by atoms with Gasteiger partial charge in [-0.2, -0.15) is 0 Å². The quantitative estimate of drug-likeness (QED) is 0.537. The molecule has 204 valence electrons. The van der Waals surface area contributed by atoms with E-state index in [0.717, 1.165) is 18.3 Å². The molecule has 5 nitrogen and oxygen atoms in total. The van der Waals surface area contributed by atoms with E-state index in [0.29, 0.717) is 29.3 Å². The Morgan fingerprint density at radius 3 is 2.08 bits per heavy atom. The van der Waals surface area contributed by atoms with Gasteiger partial charge in [0, 0.05) is 24.4 Å². The number of carbonyl (C=O) groups is 1. The summed E-state index contributed by atoms with van der Waals surface area (Å²) in [5, 5.41) is 11.3. The number of aliphatic hydroxyl groups excluding tert-OH is 1. The Kier molecular flexibility index (Phi) is 6.99.